The van der Waals surface area contributed by atoms with Gasteiger partial charge in [-0.25, -0.2) is 0 Å². The van der Waals surface area contributed by atoms with E-state index in [0.29, 0.717) is 5.92 Å². The maximum atomic E-state index is 10.5. The maximum absolute atomic E-state index is 10.5. The lowest BCUT2D eigenvalue weighted by Gasteiger charge is -2.22. The molecule has 0 radical (unpaired) electrons. The first kappa shape index (κ1) is 14.6. The first-order valence-corrected chi connectivity index (χ1v) is 8.56. The third kappa shape index (κ3) is 3.30. The molecule has 21 heavy (non-hydrogen) atoms. The molecule has 1 aromatic heterocycles. The molecular formula is C18H22O2S. The summed E-state index contributed by atoms with van der Waals surface area (Å²) in [5.41, 5.74) is 2.38. The lowest BCUT2D eigenvalue weighted by molar-refractivity contribution is 0.224. The first-order valence-electron chi connectivity index (χ1n) is 7.68. The van der Waals surface area contributed by atoms with Gasteiger partial charge in [-0.15, -0.1) is 11.3 Å². The second-order valence-corrected chi connectivity index (χ2v) is 6.74. The highest BCUT2D eigenvalue weighted by atomic mass is 32.1. The summed E-state index contributed by atoms with van der Waals surface area (Å²) < 4.78 is 5.18. The predicted molar refractivity (Wildman–Crippen MR) is 87.2 cm³/mol. The quantitative estimate of drug-likeness (QED) is 0.871. The molecule has 1 saturated carbocycles. The van der Waals surface area contributed by atoms with Gasteiger partial charge in [-0.1, -0.05) is 43.5 Å². The van der Waals surface area contributed by atoms with E-state index in [4.69, 9.17) is 4.74 Å². The fourth-order valence-electron chi connectivity index (χ4n) is 3.14. The van der Waals surface area contributed by atoms with E-state index in [1.54, 1.807) is 7.11 Å². The highest BCUT2D eigenvalue weighted by molar-refractivity contribution is 7.10. The van der Waals surface area contributed by atoms with E-state index in [1.807, 2.05) is 11.4 Å². The molecule has 3 rings (SSSR count). The average Bonchev–Trinajstić information content (AvgIpc) is 3.04. The molecule has 0 saturated heterocycles. The zero-order chi connectivity index (χ0) is 14.7. The van der Waals surface area contributed by atoms with E-state index in [1.165, 1.54) is 49.0 Å². The Hall–Kier alpha value is -1.32. The Balaban J connectivity index is 1.73. The van der Waals surface area contributed by atoms with E-state index in [9.17, 15) is 5.11 Å². The van der Waals surface area contributed by atoms with Crippen molar-refractivity contribution < 1.29 is 9.84 Å². The van der Waals surface area contributed by atoms with Gasteiger partial charge in [-0.05, 0) is 36.0 Å². The molecular weight excluding hydrogens is 280 g/mol. The smallest absolute Gasteiger partial charge is 0.129 e. The van der Waals surface area contributed by atoms with E-state index in [-0.39, 0.29) is 0 Å². The fraction of sp³-hybridized carbons (Fsp3) is 0.444. The van der Waals surface area contributed by atoms with E-state index >= 15 is 0 Å². The van der Waals surface area contributed by atoms with Crippen LogP contribution in [0.2, 0.25) is 0 Å². The summed E-state index contributed by atoms with van der Waals surface area (Å²) in [4.78, 5) is 0.928. The molecule has 112 valence electrons. The Morgan fingerprint density at radius 2 is 1.86 bits per heavy atom. The van der Waals surface area contributed by atoms with Crippen LogP contribution in [0.3, 0.4) is 0 Å². The summed E-state index contributed by atoms with van der Waals surface area (Å²) in [5, 5.41) is 12.4. The fourth-order valence-corrected chi connectivity index (χ4v) is 4.00. The second-order valence-electron chi connectivity index (χ2n) is 5.79. The molecule has 1 heterocycles. The van der Waals surface area contributed by atoms with Crippen molar-refractivity contribution in [1.82, 2.24) is 0 Å². The van der Waals surface area contributed by atoms with Gasteiger partial charge in [-0.3, -0.25) is 0 Å². The molecule has 1 aliphatic carbocycles. The third-order valence-electron chi connectivity index (χ3n) is 4.43. The number of aliphatic hydroxyl groups excluding tert-OH is 1. The number of ether oxygens (including phenoxy) is 1. The van der Waals surface area contributed by atoms with Crippen molar-refractivity contribution in [3.05, 3.63) is 51.7 Å². The number of benzene rings is 1. The number of hydrogen-bond donors (Lipinski definition) is 1. The van der Waals surface area contributed by atoms with Gasteiger partial charge in [0.25, 0.3) is 0 Å². The highest BCUT2D eigenvalue weighted by Gasteiger charge is 2.17. The van der Waals surface area contributed by atoms with Crippen molar-refractivity contribution in [2.45, 2.75) is 44.1 Å². The lowest BCUT2D eigenvalue weighted by atomic mass is 9.84. The van der Waals surface area contributed by atoms with Crippen molar-refractivity contribution in [2.75, 3.05) is 7.11 Å². The topological polar surface area (TPSA) is 29.5 Å². The molecule has 0 amide bonds. The van der Waals surface area contributed by atoms with Crippen LogP contribution < -0.4 is 4.74 Å². The van der Waals surface area contributed by atoms with Gasteiger partial charge in [0.05, 0.1) is 7.11 Å². The van der Waals surface area contributed by atoms with Crippen LogP contribution in [-0.4, -0.2) is 12.2 Å². The van der Waals surface area contributed by atoms with Crippen molar-refractivity contribution >= 4 is 11.3 Å². The Morgan fingerprint density at radius 3 is 2.48 bits per heavy atom. The third-order valence-corrected chi connectivity index (χ3v) is 5.39. The van der Waals surface area contributed by atoms with Crippen molar-refractivity contribution in [3.63, 3.8) is 0 Å². The summed E-state index contributed by atoms with van der Waals surface area (Å²) in [6.07, 6.45) is 6.15. The molecule has 2 aromatic rings. The van der Waals surface area contributed by atoms with Crippen LogP contribution in [0.1, 0.15) is 60.1 Å². The molecule has 1 aromatic carbocycles. The zero-order valence-electron chi connectivity index (χ0n) is 12.4. The molecule has 1 N–H and O–H groups in total. The Morgan fingerprint density at radius 1 is 1.14 bits per heavy atom. The number of methoxy groups -OCH3 is 1. The van der Waals surface area contributed by atoms with Crippen LogP contribution in [0, 0.1) is 0 Å². The van der Waals surface area contributed by atoms with Crippen LogP contribution in [-0.2, 0) is 0 Å². The number of thiophene rings is 1. The second kappa shape index (κ2) is 6.63. The minimum Gasteiger partial charge on any atom is -0.496 e. The van der Waals surface area contributed by atoms with Crippen molar-refractivity contribution in [2.24, 2.45) is 0 Å². The van der Waals surface area contributed by atoms with Crippen LogP contribution in [0.5, 0.6) is 5.75 Å². The maximum Gasteiger partial charge on any atom is 0.129 e. The van der Waals surface area contributed by atoms with Gasteiger partial charge in [-0.2, -0.15) is 0 Å². The molecule has 0 bridgehead atoms. The molecule has 1 aliphatic rings. The zero-order valence-corrected chi connectivity index (χ0v) is 13.2. The summed E-state index contributed by atoms with van der Waals surface area (Å²) in [7, 11) is 1.65. The highest BCUT2D eigenvalue weighted by Crippen LogP contribution is 2.35. The minimum atomic E-state index is -0.556. The van der Waals surface area contributed by atoms with Gasteiger partial charge >= 0.3 is 0 Å². The first-order chi connectivity index (χ1) is 10.3. The van der Waals surface area contributed by atoms with E-state index in [2.05, 4.69) is 24.3 Å². The Labute approximate surface area is 130 Å². The van der Waals surface area contributed by atoms with Crippen LogP contribution in [0.25, 0.3) is 0 Å². The monoisotopic (exact) mass is 302 g/mol. The van der Waals surface area contributed by atoms with E-state index in [0.717, 1.165) is 16.2 Å². The van der Waals surface area contributed by atoms with Gasteiger partial charge in [0.1, 0.15) is 11.9 Å². The SMILES string of the molecule is COc1csc(C(O)c2ccc(C3CCCCC3)cc2)c1. The van der Waals surface area contributed by atoms with E-state index < -0.39 is 6.10 Å². The van der Waals surface area contributed by atoms with Gasteiger partial charge in [0.15, 0.2) is 0 Å². The number of hydrogen-bond acceptors (Lipinski definition) is 3. The van der Waals surface area contributed by atoms with Gasteiger partial charge in [0.2, 0.25) is 0 Å². The summed E-state index contributed by atoms with van der Waals surface area (Å²) in [6.45, 7) is 0. The molecule has 0 spiro atoms. The summed E-state index contributed by atoms with van der Waals surface area (Å²) in [5.74, 6) is 1.53. The summed E-state index contributed by atoms with van der Waals surface area (Å²) >= 11 is 1.53. The average molecular weight is 302 g/mol. The predicted octanol–water partition coefficient (Wildman–Crippen LogP) is 4.89. The van der Waals surface area contributed by atoms with Crippen LogP contribution >= 0.6 is 11.3 Å². The summed E-state index contributed by atoms with van der Waals surface area (Å²) in [6, 6.07) is 10.4. The molecule has 2 nitrogen and oxygen atoms in total. The largest absolute Gasteiger partial charge is 0.496 e. The van der Waals surface area contributed by atoms with Crippen LogP contribution in [0.4, 0.5) is 0 Å². The number of rotatable bonds is 4. The van der Waals surface area contributed by atoms with Gasteiger partial charge < -0.3 is 9.84 Å². The molecule has 3 heteroatoms. The Kier molecular flexibility index (Phi) is 4.61. The number of aliphatic hydroxyl groups is 1. The molecule has 1 unspecified atom stereocenters. The van der Waals surface area contributed by atoms with Crippen LogP contribution in [0.15, 0.2) is 35.7 Å². The molecule has 0 aliphatic heterocycles. The normalized spacial score (nSPS) is 17.6. The molecule has 1 fully saturated rings. The Bertz CT molecular complexity index is 567. The van der Waals surface area contributed by atoms with Crippen molar-refractivity contribution in [3.8, 4) is 5.75 Å². The lowest BCUT2D eigenvalue weighted by Crippen LogP contribution is -2.05. The van der Waals surface area contributed by atoms with Gasteiger partial charge in [0, 0.05) is 10.3 Å². The molecule has 1 atom stereocenters. The van der Waals surface area contributed by atoms with Crippen molar-refractivity contribution in [1.29, 1.82) is 0 Å². The minimum absolute atomic E-state index is 0.556. The standard InChI is InChI=1S/C18H22O2S/c1-20-16-11-17(21-12-16)18(19)15-9-7-14(8-10-15)13-5-3-2-4-6-13/h7-13,18-19H,2-6H2,1H3.